The maximum atomic E-state index is 12.1. The molecule has 3 amide bonds. The van der Waals surface area contributed by atoms with Crippen molar-refractivity contribution in [1.29, 1.82) is 0 Å². The third-order valence-corrected chi connectivity index (χ3v) is 4.19. The van der Waals surface area contributed by atoms with Gasteiger partial charge in [0.2, 0.25) is 5.91 Å². The highest BCUT2D eigenvalue weighted by Crippen LogP contribution is 2.17. The number of anilines is 1. The quantitative estimate of drug-likeness (QED) is 0.907. The fourth-order valence-electron chi connectivity index (χ4n) is 2.23. The second-order valence-corrected chi connectivity index (χ2v) is 5.78. The molecule has 0 saturated carbocycles. The van der Waals surface area contributed by atoms with Crippen LogP contribution in [0.3, 0.4) is 0 Å². The van der Waals surface area contributed by atoms with E-state index in [-0.39, 0.29) is 11.9 Å². The molecule has 108 valence electrons. The number of rotatable bonds is 4. The van der Waals surface area contributed by atoms with Crippen molar-refractivity contribution >= 4 is 29.0 Å². The van der Waals surface area contributed by atoms with Gasteiger partial charge >= 0.3 is 6.03 Å². The standard InChI is InChI=1S/C15H15N3O2S/c19-14(16-9-12-7-4-8-21-12)13-10-18(15(20)17-13)11-5-2-1-3-6-11/h1-8,13H,9-10H2,(H,16,19)(H,17,20). The first kappa shape index (κ1) is 13.6. The molecule has 6 heteroatoms. The molecular weight excluding hydrogens is 286 g/mol. The van der Waals surface area contributed by atoms with E-state index in [1.807, 2.05) is 47.8 Å². The first-order chi connectivity index (χ1) is 10.2. The number of hydrogen-bond donors (Lipinski definition) is 2. The van der Waals surface area contributed by atoms with Gasteiger partial charge in [-0.1, -0.05) is 24.3 Å². The lowest BCUT2D eigenvalue weighted by Crippen LogP contribution is -2.42. The van der Waals surface area contributed by atoms with Crippen molar-refractivity contribution in [2.45, 2.75) is 12.6 Å². The average molecular weight is 301 g/mol. The molecule has 1 aromatic heterocycles. The monoisotopic (exact) mass is 301 g/mol. The number of thiophene rings is 1. The van der Waals surface area contributed by atoms with E-state index in [9.17, 15) is 9.59 Å². The normalized spacial score (nSPS) is 17.6. The molecule has 1 atom stereocenters. The van der Waals surface area contributed by atoms with Crippen LogP contribution in [-0.4, -0.2) is 24.5 Å². The van der Waals surface area contributed by atoms with Crippen LogP contribution in [0.25, 0.3) is 0 Å². The SMILES string of the molecule is O=C(NCc1cccs1)C1CN(c2ccccc2)C(=O)N1. The van der Waals surface area contributed by atoms with Crippen LogP contribution in [0.4, 0.5) is 10.5 Å². The van der Waals surface area contributed by atoms with Crippen LogP contribution in [0, 0.1) is 0 Å². The number of hydrogen-bond acceptors (Lipinski definition) is 3. The highest BCUT2D eigenvalue weighted by molar-refractivity contribution is 7.09. The van der Waals surface area contributed by atoms with Gasteiger partial charge in [0.05, 0.1) is 13.1 Å². The lowest BCUT2D eigenvalue weighted by Gasteiger charge is -2.14. The summed E-state index contributed by atoms with van der Waals surface area (Å²) in [6, 6.07) is 12.5. The lowest BCUT2D eigenvalue weighted by molar-refractivity contribution is -0.122. The molecular formula is C15H15N3O2S. The van der Waals surface area contributed by atoms with Gasteiger partial charge in [0.1, 0.15) is 6.04 Å². The summed E-state index contributed by atoms with van der Waals surface area (Å²) < 4.78 is 0. The summed E-state index contributed by atoms with van der Waals surface area (Å²) in [5, 5.41) is 7.53. The Balaban J connectivity index is 1.60. The fourth-order valence-corrected chi connectivity index (χ4v) is 2.87. The van der Waals surface area contributed by atoms with Crippen molar-refractivity contribution in [3.05, 3.63) is 52.7 Å². The smallest absolute Gasteiger partial charge is 0.322 e. The number of nitrogens with one attached hydrogen (secondary N) is 2. The molecule has 1 fully saturated rings. The Morgan fingerprint density at radius 2 is 2.10 bits per heavy atom. The van der Waals surface area contributed by atoms with Crippen molar-refractivity contribution in [1.82, 2.24) is 10.6 Å². The van der Waals surface area contributed by atoms with E-state index in [1.165, 1.54) is 0 Å². The zero-order chi connectivity index (χ0) is 14.7. The van der Waals surface area contributed by atoms with Crippen LogP contribution in [0.2, 0.25) is 0 Å². The van der Waals surface area contributed by atoms with Gasteiger partial charge < -0.3 is 10.6 Å². The highest BCUT2D eigenvalue weighted by atomic mass is 32.1. The van der Waals surface area contributed by atoms with Crippen LogP contribution >= 0.6 is 11.3 Å². The van der Waals surface area contributed by atoms with Gasteiger partial charge in [-0.15, -0.1) is 11.3 Å². The van der Waals surface area contributed by atoms with Crippen LogP contribution in [0.1, 0.15) is 4.88 Å². The Bertz CT molecular complexity index is 628. The van der Waals surface area contributed by atoms with E-state index >= 15 is 0 Å². The molecule has 1 aromatic carbocycles. The molecule has 2 heterocycles. The predicted molar refractivity (Wildman–Crippen MR) is 82.3 cm³/mol. The average Bonchev–Trinajstić information content (AvgIpc) is 3.15. The summed E-state index contributed by atoms with van der Waals surface area (Å²) >= 11 is 1.59. The van der Waals surface area contributed by atoms with E-state index < -0.39 is 6.04 Å². The highest BCUT2D eigenvalue weighted by Gasteiger charge is 2.34. The summed E-state index contributed by atoms with van der Waals surface area (Å²) in [5.41, 5.74) is 0.795. The molecule has 0 aliphatic carbocycles. The van der Waals surface area contributed by atoms with Gasteiger partial charge in [-0.3, -0.25) is 9.69 Å². The third kappa shape index (κ3) is 3.05. The second kappa shape index (κ2) is 5.97. The van der Waals surface area contributed by atoms with Crippen LogP contribution in [0.15, 0.2) is 47.8 Å². The van der Waals surface area contributed by atoms with E-state index in [4.69, 9.17) is 0 Å². The fraction of sp³-hybridized carbons (Fsp3) is 0.200. The molecule has 21 heavy (non-hydrogen) atoms. The van der Waals surface area contributed by atoms with Gasteiger partial charge in [0.15, 0.2) is 0 Å². The van der Waals surface area contributed by atoms with Gasteiger partial charge in [-0.05, 0) is 23.6 Å². The summed E-state index contributed by atoms with van der Waals surface area (Å²) in [5.74, 6) is -0.157. The number of urea groups is 1. The molecule has 2 aromatic rings. The Labute approximate surface area is 126 Å². The first-order valence-electron chi connectivity index (χ1n) is 6.67. The molecule has 5 nitrogen and oxygen atoms in total. The van der Waals surface area contributed by atoms with Gasteiger partial charge in [0.25, 0.3) is 0 Å². The number of amides is 3. The number of carbonyl (C=O) groups is 2. The van der Waals surface area contributed by atoms with E-state index in [2.05, 4.69) is 10.6 Å². The third-order valence-electron chi connectivity index (χ3n) is 3.31. The van der Waals surface area contributed by atoms with Crippen molar-refractivity contribution in [2.24, 2.45) is 0 Å². The summed E-state index contributed by atoms with van der Waals surface area (Å²) in [7, 11) is 0. The second-order valence-electron chi connectivity index (χ2n) is 4.75. The van der Waals surface area contributed by atoms with Crippen molar-refractivity contribution in [2.75, 3.05) is 11.4 Å². The Kier molecular flexibility index (Phi) is 3.87. The Hall–Kier alpha value is -2.34. The zero-order valence-corrected chi connectivity index (χ0v) is 12.1. The Morgan fingerprint density at radius 3 is 2.81 bits per heavy atom. The van der Waals surface area contributed by atoms with Crippen molar-refractivity contribution in [3.63, 3.8) is 0 Å². The van der Waals surface area contributed by atoms with Crippen molar-refractivity contribution in [3.8, 4) is 0 Å². The molecule has 1 aliphatic rings. The molecule has 1 saturated heterocycles. The molecule has 0 bridgehead atoms. The zero-order valence-electron chi connectivity index (χ0n) is 11.3. The molecule has 1 aliphatic heterocycles. The molecule has 1 unspecified atom stereocenters. The first-order valence-corrected chi connectivity index (χ1v) is 7.55. The molecule has 0 radical (unpaired) electrons. The molecule has 2 N–H and O–H groups in total. The summed E-state index contributed by atoms with van der Waals surface area (Å²) in [6.45, 7) is 0.841. The van der Waals surface area contributed by atoms with E-state index in [0.29, 0.717) is 13.1 Å². The predicted octanol–water partition coefficient (Wildman–Crippen LogP) is 1.96. The maximum absolute atomic E-state index is 12.1. The van der Waals surface area contributed by atoms with Crippen LogP contribution in [-0.2, 0) is 11.3 Å². The van der Waals surface area contributed by atoms with Crippen LogP contribution in [0.5, 0.6) is 0 Å². The van der Waals surface area contributed by atoms with Crippen LogP contribution < -0.4 is 15.5 Å². The topological polar surface area (TPSA) is 61.4 Å². The number of para-hydroxylation sites is 1. The summed E-state index contributed by atoms with van der Waals surface area (Å²) in [6.07, 6.45) is 0. The maximum Gasteiger partial charge on any atom is 0.322 e. The minimum absolute atomic E-state index is 0.157. The van der Waals surface area contributed by atoms with Gasteiger partial charge in [-0.25, -0.2) is 4.79 Å². The van der Waals surface area contributed by atoms with Crippen molar-refractivity contribution < 1.29 is 9.59 Å². The van der Waals surface area contributed by atoms with E-state index in [1.54, 1.807) is 16.2 Å². The Morgan fingerprint density at radius 1 is 1.29 bits per heavy atom. The number of nitrogens with zero attached hydrogens (tertiary/aromatic N) is 1. The van der Waals surface area contributed by atoms with E-state index in [0.717, 1.165) is 10.6 Å². The van der Waals surface area contributed by atoms with Gasteiger partial charge in [0, 0.05) is 10.6 Å². The molecule has 3 rings (SSSR count). The van der Waals surface area contributed by atoms with Gasteiger partial charge in [-0.2, -0.15) is 0 Å². The minimum Gasteiger partial charge on any atom is -0.349 e. The summed E-state index contributed by atoms with van der Waals surface area (Å²) in [4.78, 5) is 26.7. The number of benzene rings is 1. The number of carbonyl (C=O) groups excluding carboxylic acids is 2. The molecule has 0 spiro atoms. The lowest BCUT2D eigenvalue weighted by atomic mass is 10.2. The largest absolute Gasteiger partial charge is 0.349 e. The minimum atomic E-state index is -0.516.